The zero-order chi connectivity index (χ0) is 28.3. The van der Waals surface area contributed by atoms with Crippen LogP contribution < -0.4 is 10.2 Å². The molecule has 0 radical (unpaired) electrons. The molecule has 7 nitrogen and oxygen atoms in total. The number of carbonyl (C=O) groups is 1. The number of halogens is 3. The van der Waals surface area contributed by atoms with Crippen LogP contribution in [0.15, 0.2) is 72.8 Å². The van der Waals surface area contributed by atoms with Gasteiger partial charge in [0.05, 0.1) is 17.6 Å². The molecule has 40 heavy (non-hydrogen) atoms. The molecule has 1 saturated heterocycles. The molecule has 2 aliphatic rings. The highest BCUT2D eigenvalue weighted by Crippen LogP contribution is 2.40. The Bertz CT molecular complexity index is 1460. The van der Waals surface area contributed by atoms with Crippen molar-refractivity contribution in [2.75, 3.05) is 11.5 Å². The van der Waals surface area contributed by atoms with Crippen LogP contribution in [-0.2, 0) is 22.2 Å². The minimum Gasteiger partial charge on any atom is -0.313 e. The topological polar surface area (TPSA) is 84.7 Å². The molecule has 0 unspecified atom stereocenters. The van der Waals surface area contributed by atoms with Crippen LogP contribution in [0.5, 0.6) is 0 Å². The molecule has 0 spiro atoms. The Kier molecular flexibility index (Phi) is 7.76. The molecule has 3 aromatic carbocycles. The van der Waals surface area contributed by atoms with Gasteiger partial charge in [-0.2, -0.15) is 13.2 Å². The molecule has 1 aliphatic heterocycles. The number of nitrogens with one attached hydrogen (secondary N) is 1. The number of hydrogen-bond donors (Lipinski definition) is 1. The van der Waals surface area contributed by atoms with Crippen molar-refractivity contribution < 1.29 is 27.9 Å². The molecule has 5 rings (SSSR count). The number of fused-ring (bicyclic) bond motifs is 1. The lowest BCUT2D eigenvalue weighted by Gasteiger charge is -2.26. The zero-order valence-corrected chi connectivity index (χ0v) is 21.4. The van der Waals surface area contributed by atoms with Crippen LogP contribution in [0.25, 0.3) is 0 Å². The van der Waals surface area contributed by atoms with E-state index >= 15 is 0 Å². The summed E-state index contributed by atoms with van der Waals surface area (Å²) in [6.45, 7) is -0.143. The number of alkyl halides is 3. The van der Waals surface area contributed by atoms with E-state index in [0.717, 1.165) is 36.1 Å². The van der Waals surface area contributed by atoms with Crippen molar-refractivity contribution in [2.24, 2.45) is 0 Å². The SMILES string of the molecule is O=C1[C@H](N[C@@H]2CCc3ccccc32)C[C@H](c2cccc(C#CCCO[N+](=O)[O-])c2)N1c1ccc(C(F)(F)F)cc1. The Morgan fingerprint density at radius 3 is 2.58 bits per heavy atom. The van der Waals surface area contributed by atoms with Gasteiger partial charge in [-0.1, -0.05) is 48.2 Å². The number of carbonyl (C=O) groups excluding carboxylic acids is 1. The molecular weight excluding hydrogens is 523 g/mol. The van der Waals surface area contributed by atoms with Gasteiger partial charge in [0.15, 0.2) is 0 Å². The summed E-state index contributed by atoms with van der Waals surface area (Å²) in [5.41, 5.74) is 3.45. The summed E-state index contributed by atoms with van der Waals surface area (Å²) in [7, 11) is 0. The highest BCUT2D eigenvalue weighted by molar-refractivity contribution is 6.00. The maximum atomic E-state index is 13.8. The summed E-state index contributed by atoms with van der Waals surface area (Å²) < 4.78 is 39.6. The lowest BCUT2D eigenvalue weighted by molar-refractivity contribution is -0.757. The van der Waals surface area contributed by atoms with E-state index < -0.39 is 28.9 Å². The summed E-state index contributed by atoms with van der Waals surface area (Å²) >= 11 is 0. The number of anilines is 1. The van der Waals surface area contributed by atoms with Crippen molar-refractivity contribution >= 4 is 11.6 Å². The molecule has 3 aromatic rings. The Balaban J connectivity index is 1.42. The first-order valence-electron chi connectivity index (χ1n) is 12.9. The van der Waals surface area contributed by atoms with E-state index in [-0.39, 0.29) is 25.0 Å². The Labute approximate surface area is 229 Å². The fourth-order valence-corrected chi connectivity index (χ4v) is 5.43. The quantitative estimate of drug-likeness (QED) is 0.175. The minimum atomic E-state index is -4.48. The summed E-state index contributed by atoms with van der Waals surface area (Å²) in [5.74, 6) is 5.58. The number of benzene rings is 3. The molecule has 1 heterocycles. The predicted molar refractivity (Wildman–Crippen MR) is 142 cm³/mol. The number of aryl methyl sites for hydroxylation is 1. The predicted octanol–water partition coefficient (Wildman–Crippen LogP) is 5.78. The van der Waals surface area contributed by atoms with E-state index in [1.807, 2.05) is 24.3 Å². The summed E-state index contributed by atoms with van der Waals surface area (Å²) in [6.07, 6.45) is -2.12. The Morgan fingerprint density at radius 2 is 1.82 bits per heavy atom. The monoisotopic (exact) mass is 549 g/mol. The van der Waals surface area contributed by atoms with Gasteiger partial charge in [0.1, 0.15) is 6.61 Å². The molecule has 0 aromatic heterocycles. The Morgan fingerprint density at radius 1 is 1.05 bits per heavy atom. The van der Waals surface area contributed by atoms with Gasteiger partial charge in [-0.25, -0.2) is 0 Å². The number of hydrogen-bond acceptors (Lipinski definition) is 5. The average molecular weight is 550 g/mol. The molecule has 1 aliphatic carbocycles. The first-order valence-corrected chi connectivity index (χ1v) is 12.9. The second kappa shape index (κ2) is 11.4. The van der Waals surface area contributed by atoms with Crippen LogP contribution in [0.2, 0.25) is 0 Å². The van der Waals surface area contributed by atoms with E-state index in [1.165, 1.54) is 17.7 Å². The van der Waals surface area contributed by atoms with E-state index in [9.17, 15) is 28.1 Å². The van der Waals surface area contributed by atoms with E-state index in [1.54, 1.807) is 17.0 Å². The van der Waals surface area contributed by atoms with Gasteiger partial charge in [0.25, 0.3) is 5.09 Å². The normalized spacial score (nSPS) is 20.1. The smallest absolute Gasteiger partial charge is 0.313 e. The van der Waals surface area contributed by atoms with E-state index in [4.69, 9.17) is 0 Å². The molecule has 3 atom stereocenters. The van der Waals surface area contributed by atoms with Gasteiger partial charge >= 0.3 is 6.18 Å². The van der Waals surface area contributed by atoms with Gasteiger partial charge in [0, 0.05) is 23.7 Å². The second-order valence-electron chi connectivity index (χ2n) is 9.75. The maximum Gasteiger partial charge on any atom is 0.416 e. The van der Waals surface area contributed by atoms with Crippen LogP contribution in [0.3, 0.4) is 0 Å². The first-order chi connectivity index (χ1) is 19.2. The van der Waals surface area contributed by atoms with Gasteiger partial charge in [-0.3, -0.25) is 10.1 Å². The fourth-order valence-electron chi connectivity index (χ4n) is 5.43. The van der Waals surface area contributed by atoms with Crippen molar-refractivity contribution in [3.63, 3.8) is 0 Å². The van der Waals surface area contributed by atoms with E-state index in [2.05, 4.69) is 34.1 Å². The second-order valence-corrected chi connectivity index (χ2v) is 9.75. The standard InChI is InChI=1S/C30H26F3N3O4/c31-30(32,33)23-12-14-24(15-13-23)35-28(22-9-5-7-20(18-22)6-3-4-17-40-36(38)39)19-27(29(35)37)34-26-16-11-21-8-1-2-10-25(21)26/h1-2,5,7-10,12-15,18,26-28,34H,4,11,16-17,19H2/t26-,27-,28-/m1/s1. The lowest BCUT2D eigenvalue weighted by atomic mass is 9.99. The third-order valence-electron chi connectivity index (χ3n) is 7.24. The summed E-state index contributed by atoms with van der Waals surface area (Å²) in [5, 5.41) is 13.0. The third-order valence-corrected chi connectivity index (χ3v) is 7.24. The van der Waals surface area contributed by atoms with Crippen molar-refractivity contribution in [2.45, 2.75) is 50.0 Å². The van der Waals surface area contributed by atoms with Crippen molar-refractivity contribution in [3.8, 4) is 11.8 Å². The average Bonchev–Trinajstić information content (AvgIpc) is 3.49. The molecule has 1 amide bonds. The summed E-state index contributed by atoms with van der Waals surface area (Å²) in [6, 6.07) is 19.1. The van der Waals surface area contributed by atoms with Crippen LogP contribution >= 0.6 is 0 Å². The molecule has 0 saturated carbocycles. The van der Waals surface area contributed by atoms with Crippen LogP contribution in [0.4, 0.5) is 18.9 Å². The highest BCUT2D eigenvalue weighted by Gasteiger charge is 2.43. The van der Waals surface area contributed by atoms with Crippen molar-refractivity contribution in [1.29, 1.82) is 0 Å². The van der Waals surface area contributed by atoms with Crippen LogP contribution in [0, 0.1) is 22.0 Å². The third kappa shape index (κ3) is 5.95. The molecule has 1 fully saturated rings. The molecule has 10 heteroatoms. The van der Waals surface area contributed by atoms with Gasteiger partial charge in [-0.15, -0.1) is 10.1 Å². The molecule has 1 N–H and O–H groups in total. The molecule has 0 bridgehead atoms. The van der Waals surface area contributed by atoms with Crippen LogP contribution in [0.1, 0.15) is 59.2 Å². The van der Waals surface area contributed by atoms with E-state index in [0.29, 0.717) is 17.7 Å². The van der Waals surface area contributed by atoms with Gasteiger partial charge in [0.2, 0.25) is 5.91 Å². The largest absolute Gasteiger partial charge is 0.416 e. The highest BCUT2D eigenvalue weighted by atomic mass is 19.4. The number of amides is 1. The fraction of sp³-hybridized carbons (Fsp3) is 0.300. The van der Waals surface area contributed by atoms with Crippen molar-refractivity contribution in [3.05, 3.63) is 111 Å². The summed E-state index contributed by atoms with van der Waals surface area (Å²) in [4.78, 5) is 29.9. The molecular formula is C30H26F3N3O4. The maximum absolute atomic E-state index is 13.8. The van der Waals surface area contributed by atoms with Crippen LogP contribution in [-0.4, -0.2) is 23.6 Å². The first kappa shape index (κ1) is 27.2. The molecule has 206 valence electrons. The Hall–Kier alpha value is -4.36. The van der Waals surface area contributed by atoms with Gasteiger partial charge < -0.3 is 9.74 Å². The zero-order valence-electron chi connectivity index (χ0n) is 21.4. The number of nitrogens with zero attached hydrogens (tertiary/aromatic N) is 2. The van der Waals surface area contributed by atoms with Crippen molar-refractivity contribution in [1.82, 2.24) is 5.32 Å². The van der Waals surface area contributed by atoms with Gasteiger partial charge in [-0.05, 0) is 72.4 Å². The number of rotatable bonds is 7. The minimum absolute atomic E-state index is 0.0111. The lowest BCUT2D eigenvalue weighted by Crippen LogP contribution is -2.40.